The van der Waals surface area contributed by atoms with Gasteiger partial charge < -0.3 is 4.98 Å². The molecule has 0 amide bonds. The fourth-order valence-electron chi connectivity index (χ4n) is 3.77. The highest BCUT2D eigenvalue weighted by Crippen LogP contribution is 2.32. The number of H-pyrrole nitrogens is 1. The Balaban J connectivity index is 2.05. The molecule has 0 bridgehead atoms. The zero-order valence-electron chi connectivity index (χ0n) is 18.6. The lowest BCUT2D eigenvalue weighted by Crippen LogP contribution is -2.26. The monoisotopic (exact) mass is 445 g/mol. The molecule has 1 atom stereocenters. The Morgan fingerprint density at radius 1 is 1.10 bits per heavy atom. The lowest BCUT2D eigenvalue weighted by atomic mass is 10.0. The van der Waals surface area contributed by atoms with Crippen molar-refractivity contribution in [2.24, 2.45) is 0 Å². The van der Waals surface area contributed by atoms with Gasteiger partial charge in [-0.2, -0.15) is 0 Å². The first-order valence-electron chi connectivity index (χ1n) is 9.88. The molecule has 30 heavy (non-hydrogen) atoms. The molecule has 0 saturated heterocycles. The average molecular weight is 446 g/mol. The maximum Gasteiger partial charge on any atom is 0.263 e. The maximum atomic E-state index is 13.2. The minimum Gasteiger partial charge on any atom is -0.355 e. The number of hydrogen-bond donors (Lipinski definition) is 1. The topological polar surface area (TPSA) is 84.8 Å². The number of carbonyl (C=O) groups is 2. The maximum absolute atomic E-state index is 13.2. The molecule has 3 aromatic heterocycles. The summed E-state index contributed by atoms with van der Waals surface area (Å²) in [7, 11) is 0. The number of aryl methyl sites for hydroxylation is 3. The average Bonchev–Trinajstić information content (AvgIpc) is 3.09. The van der Waals surface area contributed by atoms with Gasteiger partial charge in [-0.05, 0) is 66.5 Å². The number of fused-ring (bicyclic) bond motifs is 1. The van der Waals surface area contributed by atoms with Gasteiger partial charge >= 0.3 is 0 Å². The summed E-state index contributed by atoms with van der Waals surface area (Å²) in [5.74, 6) is -0.180. The zero-order valence-corrected chi connectivity index (χ0v) is 20.2. The Labute approximate surface area is 184 Å². The van der Waals surface area contributed by atoms with Gasteiger partial charge in [-0.15, -0.1) is 11.3 Å². The molecule has 0 fully saturated rings. The van der Waals surface area contributed by atoms with Crippen molar-refractivity contribution in [2.45, 2.75) is 71.8 Å². The van der Waals surface area contributed by atoms with Crippen molar-refractivity contribution in [1.82, 2.24) is 14.5 Å². The molecule has 3 rings (SSSR count). The van der Waals surface area contributed by atoms with Crippen LogP contribution in [-0.4, -0.2) is 31.4 Å². The van der Waals surface area contributed by atoms with Crippen LogP contribution in [0, 0.1) is 27.7 Å². The fourth-order valence-corrected chi connectivity index (χ4v) is 5.94. The van der Waals surface area contributed by atoms with E-state index >= 15 is 0 Å². The second kappa shape index (κ2) is 8.15. The summed E-state index contributed by atoms with van der Waals surface area (Å²) in [6.07, 6.45) is 0. The molecule has 0 saturated carbocycles. The largest absolute Gasteiger partial charge is 0.355 e. The number of ketones is 2. The number of carbonyl (C=O) groups excluding carboxylic acids is 2. The lowest BCUT2D eigenvalue weighted by molar-refractivity contribution is 0.0988. The lowest BCUT2D eigenvalue weighted by Gasteiger charge is -2.17. The molecule has 6 nitrogen and oxygen atoms in total. The highest BCUT2D eigenvalue weighted by atomic mass is 32.2. The first kappa shape index (κ1) is 22.5. The summed E-state index contributed by atoms with van der Waals surface area (Å²) < 4.78 is 1.67. The number of thiophene rings is 1. The van der Waals surface area contributed by atoms with Crippen molar-refractivity contribution >= 4 is 44.9 Å². The standard InChI is InChI=1S/C22H27N3O3S2/c1-9(2)25-21(28)17-10(3)14(7)29-20(17)24-22(25)30-15(8)19(27)18-11(4)16(13(6)26)12(5)23-18/h9,15,23H,1-8H3. The minimum atomic E-state index is -0.474. The second-order valence-corrected chi connectivity index (χ2v) is 10.4. The van der Waals surface area contributed by atoms with Gasteiger partial charge in [0.05, 0.1) is 16.3 Å². The first-order chi connectivity index (χ1) is 14.0. The van der Waals surface area contributed by atoms with Gasteiger partial charge in [0.25, 0.3) is 5.56 Å². The Morgan fingerprint density at radius 3 is 2.27 bits per heavy atom. The third-order valence-electron chi connectivity index (χ3n) is 5.41. The van der Waals surface area contributed by atoms with E-state index in [-0.39, 0.29) is 23.2 Å². The third-order valence-corrected chi connectivity index (χ3v) is 7.57. The Hall–Kier alpha value is -2.19. The number of aromatic nitrogens is 3. The van der Waals surface area contributed by atoms with Gasteiger partial charge in [-0.25, -0.2) is 4.98 Å². The van der Waals surface area contributed by atoms with Crippen molar-refractivity contribution in [3.8, 4) is 0 Å². The van der Waals surface area contributed by atoms with Gasteiger partial charge in [0, 0.05) is 22.2 Å². The summed E-state index contributed by atoms with van der Waals surface area (Å²) >= 11 is 2.79. The normalized spacial score (nSPS) is 12.7. The number of nitrogens with zero attached hydrogens (tertiary/aromatic N) is 2. The fraction of sp³-hybridized carbons (Fsp3) is 0.455. The number of rotatable bonds is 6. The molecule has 3 heterocycles. The first-order valence-corrected chi connectivity index (χ1v) is 11.6. The summed E-state index contributed by atoms with van der Waals surface area (Å²) in [5.41, 5.74) is 3.29. The molecule has 0 aliphatic carbocycles. The molecule has 1 N–H and O–H groups in total. The quantitative estimate of drug-likeness (QED) is 0.321. The van der Waals surface area contributed by atoms with Crippen LogP contribution in [0.1, 0.15) is 76.3 Å². The van der Waals surface area contributed by atoms with Crippen LogP contribution >= 0.6 is 23.1 Å². The highest BCUT2D eigenvalue weighted by Gasteiger charge is 2.27. The van der Waals surface area contributed by atoms with Crippen LogP contribution < -0.4 is 5.56 Å². The van der Waals surface area contributed by atoms with E-state index in [0.29, 0.717) is 37.9 Å². The van der Waals surface area contributed by atoms with Crippen molar-refractivity contribution in [2.75, 3.05) is 0 Å². The van der Waals surface area contributed by atoms with Crippen molar-refractivity contribution in [1.29, 1.82) is 0 Å². The predicted molar refractivity (Wildman–Crippen MR) is 124 cm³/mol. The van der Waals surface area contributed by atoms with E-state index in [2.05, 4.69) is 4.98 Å². The van der Waals surface area contributed by atoms with E-state index in [0.717, 1.165) is 10.4 Å². The summed E-state index contributed by atoms with van der Waals surface area (Å²) in [5, 5.41) is 0.729. The van der Waals surface area contributed by atoms with E-state index in [4.69, 9.17) is 4.98 Å². The molecule has 8 heteroatoms. The number of nitrogens with one attached hydrogen (secondary N) is 1. The van der Waals surface area contributed by atoms with Crippen molar-refractivity contribution in [3.63, 3.8) is 0 Å². The Kier molecular flexibility index (Phi) is 6.11. The highest BCUT2D eigenvalue weighted by molar-refractivity contribution is 8.00. The van der Waals surface area contributed by atoms with E-state index in [9.17, 15) is 14.4 Å². The van der Waals surface area contributed by atoms with Crippen LogP contribution in [0.3, 0.4) is 0 Å². The van der Waals surface area contributed by atoms with Crippen LogP contribution in [0.15, 0.2) is 9.95 Å². The molecule has 0 aromatic carbocycles. The second-order valence-electron chi connectivity index (χ2n) is 7.93. The molecule has 0 aliphatic rings. The number of aromatic amines is 1. The van der Waals surface area contributed by atoms with Crippen LogP contribution in [0.4, 0.5) is 0 Å². The Morgan fingerprint density at radius 2 is 1.73 bits per heavy atom. The van der Waals surface area contributed by atoms with Crippen LogP contribution in [0.25, 0.3) is 10.2 Å². The molecule has 0 radical (unpaired) electrons. The zero-order chi connectivity index (χ0) is 22.5. The molecule has 0 aliphatic heterocycles. The van der Waals surface area contributed by atoms with E-state index in [1.165, 1.54) is 30.0 Å². The van der Waals surface area contributed by atoms with Crippen LogP contribution in [-0.2, 0) is 0 Å². The SMILES string of the molecule is CC(=O)c1c(C)[nH]c(C(=O)C(C)Sc2nc3sc(C)c(C)c3c(=O)n2C(C)C)c1C. The third kappa shape index (κ3) is 3.67. The number of thioether (sulfide) groups is 1. The molecular formula is C22H27N3O3S2. The van der Waals surface area contributed by atoms with Gasteiger partial charge in [0.1, 0.15) is 4.83 Å². The van der Waals surface area contributed by atoms with Gasteiger partial charge in [0.2, 0.25) is 0 Å². The van der Waals surface area contributed by atoms with Crippen molar-refractivity contribution in [3.05, 3.63) is 43.3 Å². The van der Waals surface area contributed by atoms with E-state index < -0.39 is 5.25 Å². The summed E-state index contributed by atoms with van der Waals surface area (Å²) in [6.45, 7) is 14.7. The minimum absolute atomic E-state index is 0.0650. The van der Waals surface area contributed by atoms with Crippen molar-refractivity contribution < 1.29 is 9.59 Å². The Bertz CT molecular complexity index is 1230. The van der Waals surface area contributed by atoms with Gasteiger partial charge in [0.15, 0.2) is 16.7 Å². The number of Topliss-reactive ketones (excluding diaryl/α,β-unsaturated/α-hetero) is 2. The summed E-state index contributed by atoms with van der Waals surface area (Å²) in [4.78, 5) is 47.9. The van der Waals surface area contributed by atoms with Crippen LogP contribution in [0.5, 0.6) is 0 Å². The van der Waals surface area contributed by atoms with E-state index in [1.807, 2.05) is 34.6 Å². The molecular weight excluding hydrogens is 418 g/mol. The molecule has 3 aromatic rings. The van der Waals surface area contributed by atoms with E-state index in [1.54, 1.807) is 18.4 Å². The molecule has 0 spiro atoms. The smallest absolute Gasteiger partial charge is 0.263 e. The predicted octanol–water partition coefficient (Wildman–Crippen LogP) is 5.17. The van der Waals surface area contributed by atoms with Gasteiger partial charge in [-0.1, -0.05) is 11.8 Å². The van der Waals surface area contributed by atoms with Crippen LogP contribution in [0.2, 0.25) is 0 Å². The summed E-state index contributed by atoms with van der Waals surface area (Å²) in [6, 6.07) is -0.0856. The van der Waals surface area contributed by atoms with Gasteiger partial charge in [-0.3, -0.25) is 19.0 Å². The molecule has 1 unspecified atom stereocenters. The number of hydrogen-bond acceptors (Lipinski definition) is 6. The molecule has 160 valence electrons.